The van der Waals surface area contributed by atoms with Crippen LogP contribution in [0.15, 0.2) is 9.17 Å². The van der Waals surface area contributed by atoms with Crippen molar-refractivity contribution in [3.05, 3.63) is 14.7 Å². The fourth-order valence-corrected chi connectivity index (χ4v) is 2.36. The molecule has 0 aromatic carbocycles. The zero-order chi connectivity index (χ0) is 8.65. The lowest BCUT2D eigenvalue weighted by Crippen LogP contribution is -2.11. The summed E-state index contributed by atoms with van der Waals surface area (Å²) in [5.74, 6) is 0. The topological polar surface area (TPSA) is 26.0 Å². The smallest absolute Gasteiger partial charge is 0.0930 e. The molecule has 62 valence electrons. The summed E-state index contributed by atoms with van der Waals surface area (Å²) in [7, 11) is 0. The summed E-state index contributed by atoms with van der Waals surface area (Å²) in [6.45, 7) is 6.49. The number of rotatable bonds is 0. The van der Waals surface area contributed by atoms with Crippen LogP contribution in [0.3, 0.4) is 0 Å². The molecule has 0 aliphatic carbocycles. The van der Waals surface area contributed by atoms with Crippen molar-refractivity contribution in [3.8, 4) is 0 Å². The summed E-state index contributed by atoms with van der Waals surface area (Å²) in [4.78, 5) is 0. The monoisotopic (exact) mass is 233 g/mol. The van der Waals surface area contributed by atoms with Gasteiger partial charge in [0.05, 0.1) is 9.47 Å². The number of nitrogens with two attached hydrogens (primary N) is 1. The van der Waals surface area contributed by atoms with E-state index in [4.69, 9.17) is 5.73 Å². The number of hydrogen-bond donors (Lipinski definition) is 1. The molecule has 1 heterocycles. The Balaban J connectivity index is 3.15. The number of nitrogen functional groups attached to an aromatic ring is 1. The van der Waals surface area contributed by atoms with E-state index in [1.165, 1.54) is 5.56 Å². The average molecular weight is 234 g/mol. The molecule has 11 heavy (non-hydrogen) atoms. The van der Waals surface area contributed by atoms with Gasteiger partial charge in [0.1, 0.15) is 0 Å². The Morgan fingerprint density at radius 1 is 1.45 bits per heavy atom. The van der Waals surface area contributed by atoms with Crippen molar-refractivity contribution in [2.45, 2.75) is 26.2 Å². The molecule has 0 radical (unpaired) electrons. The Kier molecular flexibility index (Phi) is 2.30. The molecule has 2 N–H and O–H groups in total. The van der Waals surface area contributed by atoms with Gasteiger partial charge in [0.15, 0.2) is 0 Å². The van der Waals surface area contributed by atoms with E-state index in [1.54, 1.807) is 11.3 Å². The van der Waals surface area contributed by atoms with E-state index in [2.05, 4.69) is 42.1 Å². The molecule has 0 amide bonds. The normalized spacial score (nSPS) is 12.0. The summed E-state index contributed by atoms with van der Waals surface area (Å²) in [6.07, 6.45) is 0. The van der Waals surface area contributed by atoms with Gasteiger partial charge in [0.2, 0.25) is 0 Å². The van der Waals surface area contributed by atoms with Crippen LogP contribution in [0.4, 0.5) is 5.69 Å². The maximum Gasteiger partial charge on any atom is 0.0930 e. The third-order valence-corrected chi connectivity index (χ3v) is 3.36. The third kappa shape index (κ3) is 1.76. The van der Waals surface area contributed by atoms with Gasteiger partial charge < -0.3 is 5.73 Å². The molecule has 0 fully saturated rings. The summed E-state index contributed by atoms with van der Waals surface area (Å²) in [5, 5.41) is 2.11. The predicted octanol–water partition coefficient (Wildman–Crippen LogP) is 3.39. The summed E-state index contributed by atoms with van der Waals surface area (Å²) < 4.78 is 1.04. The standard InChI is InChI=1S/C8H12BrNS/c1-8(2,3)5-4-11-7(9)6(5)10/h4H,10H2,1-3H3. The van der Waals surface area contributed by atoms with Crippen molar-refractivity contribution in [1.82, 2.24) is 0 Å². The molecule has 0 aliphatic heterocycles. The van der Waals surface area contributed by atoms with Gasteiger partial charge in [-0.25, -0.2) is 0 Å². The van der Waals surface area contributed by atoms with Gasteiger partial charge in [-0.2, -0.15) is 0 Å². The predicted molar refractivity (Wildman–Crippen MR) is 55.1 cm³/mol. The van der Waals surface area contributed by atoms with Gasteiger partial charge in [0.25, 0.3) is 0 Å². The first-order valence-electron chi connectivity index (χ1n) is 3.46. The van der Waals surface area contributed by atoms with Gasteiger partial charge in [-0.05, 0) is 32.3 Å². The zero-order valence-corrected chi connectivity index (χ0v) is 9.34. The highest BCUT2D eigenvalue weighted by Gasteiger charge is 2.19. The molecule has 0 saturated heterocycles. The minimum absolute atomic E-state index is 0.159. The number of thiophene rings is 1. The molecule has 1 aromatic heterocycles. The minimum Gasteiger partial charge on any atom is -0.397 e. The van der Waals surface area contributed by atoms with Gasteiger partial charge in [-0.1, -0.05) is 20.8 Å². The van der Waals surface area contributed by atoms with Crippen LogP contribution in [-0.2, 0) is 5.41 Å². The van der Waals surface area contributed by atoms with Crippen molar-refractivity contribution < 1.29 is 0 Å². The van der Waals surface area contributed by atoms with Crippen molar-refractivity contribution in [3.63, 3.8) is 0 Å². The molecule has 1 rings (SSSR count). The highest BCUT2D eigenvalue weighted by atomic mass is 79.9. The van der Waals surface area contributed by atoms with Crippen LogP contribution in [0.1, 0.15) is 26.3 Å². The lowest BCUT2D eigenvalue weighted by atomic mass is 9.88. The maximum atomic E-state index is 5.85. The van der Waals surface area contributed by atoms with E-state index in [0.29, 0.717) is 0 Å². The van der Waals surface area contributed by atoms with Crippen LogP contribution in [0.25, 0.3) is 0 Å². The summed E-state index contributed by atoms with van der Waals surface area (Å²) in [5.41, 5.74) is 8.13. The number of anilines is 1. The van der Waals surface area contributed by atoms with Gasteiger partial charge >= 0.3 is 0 Å². The van der Waals surface area contributed by atoms with Gasteiger partial charge in [-0.3, -0.25) is 0 Å². The second-order valence-corrected chi connectivity index (χ2v) is 5.78. The fraction of sp³-hybridized carbons (Fsp3) is 0.500. The second kappa shape index (κ2) is 2.79. The first-order valence-corrected chi connectivity index (χ1v) is 5.13. The van der Waals surface area contributed by atoms with Crippen molar-refractivity contribution >= 4 is 33.0 Å². The van der Waals surface area contributed by atoms with Crippen LogP contribution in [0.5, 0.6) is 0 Å². The average Bonchev–Trinajstić information content (AvgIpc) is 2.11. The van der Waals surface area contributed by atoms with Crippen LogP contribution in [-0.4, -0.2) is 0 Å². The first kappa shape index (κ1) is 9.07. The van der Waals surface area contributed by atoms with E-state index in [1.807, 2.05) is 0 Å². The Bertz CT molecular complexity index is 260. The molecule has 0 aliphatic rings. The number of halogens is 1. The Morgan fingerprint density at radius 2 is 2.00 bits per heavy atom. The molecule has 1 aromatic rings. The quantitative estimate of drug-likeness (QED) is 0.731. The third-order valence-electron chi connectivity index (χ3n) is 1.59. The SMILES string of the molecule is CC(C)(C)c1csc(Br)c1N. The molecular weight excluding hydrogens is 222 g/mol. The van der Waals surface area contributed by atoms with Crippen molar-refractivity contribution in [2.75, 3.05) is 5.73 Å². The lowest BCUT2D eigenvalue weighted by Gasteiger charge is -2.17. The summed E-state index contributed by atoms with van der Waals surface area (Å²) >= 11 is 5.05. The highest BCUT2D eigenvalue weighted by Crippen LogP contribution is 2.37. The first-order chi connectivity index (χ1) is 4.93. The van der Waals surface area contributed by atoms with E-state index in [0.717, 1.165) is 9.47 Å². The molecule has 0 spiro atoms. The fourth-order valence-electron chi connectivity index (χ4n) is 0.924. The molecule has 0 atom stereocenters. The molecule has 1 nitrogen and oxygen atoms in total. The summed E-state index contributed by atoms with van der Waals surface area (Å²) in [6, 6.07) is 0. The maximum absolute atomic E-state index is 5.85. The Hall–Kier alpha value is -0.0200. The highest BCUT2D eigenvalue weighted by molar-refractivity contribution is 9.11. The zero-order valence-electron chi connectivity index (χ0n) is 6.94. The van der Waals surface area contributed by atoms with E-state index in [9.17, 15) is 0 Å². The van der Waals surface area contributed by atoms with Crippen LogP contribution in [0.2, 0.25) is 0 Å². The molecule has 0 saturated carbocycles. The van der Waals surface area contributed by atoms with E-state index < -0.39 is 0 Å². The lowest BCUT2D eigenvalue weighted by molar-refractivity contribution is 0.595. The van der Waals surface area contributed by atoms with Gasteiger partial charge in [0, 0.05) is 0 Å². The van der Waals surface area contributed by atoms with Crippen LogP contribution < -0.4 is 5.73 Å². The van der Waals surface area contributed by atoms with Crippen molar-refractivity contribution in [2.24, 2.45) is 0 Å². The number of hydrogen-bond acceptors (Lipinski definition) is 2. The molecule has 0 bridgehead atoms. The Labute approximate surface area is 79.7 Å². The second-order valence-electron chi connectivity index (χ2n) is 3.59. The van der Waals surface area contributed by atoms with E-state index >= 15 is 0 Å². The van der Waals surface area contributed by atoms with Crippen LogP contribution in [0, 0.1) is 0 Å². The van der Waals surface area contributed by atoms with E-state index in [-0.39, 0.29) is 5.41 Å². The Morgan fingerprint density at radius 3 is 2.18 bits per heavy atom. The van der Waals surface area contributed by atoms with Crippen LogP contribution >= 0.6 is 27.3 Å². The molecule has 0 unspecified atom stereocenters. The van der Waals surface area contributed by atoms with Gasteiger partial charge in [-0.15, -0.1) is 11.3 Å². The minimum atomic E-state index is 0.159. The van der Waals surface area contributed by atoms with Crippen molar-refractivity contribution in [1.29, 1.82) is 0 Å². The molecule has 3 heteroatoms. The molecular formula is C8H12BrNS. The largest absolute Gasteiger partial charge is 0.397 e.